The molecule has 3 aromatic rings. The zero-order chi connectivity index (χ0) is 19.7. The minimum absolute atomic E-state index is 0.0173. The summed E-state index contributed by atoms with van der Waals surface area (Å²) in [5.74, 6) is 0.665. The SMILES string of the molecule is CC[NH+]1CC[NH+]([C@H](C)C(=O)Nc2cc3oc4ccccc4c3cc2OC)CC1. The van der Waals surface area contributed by atoms with Gasteiger partial charge >= 0.3 is 0 Å². The monoisotopic (exact) mass is 383 g/mol. The average molecular weight is 383 g/mol. The number of amides is 1. The molecule has 148 valence electrons. The number of rotatable bonds is 5. The predicted octanol–water partition coefficient (Wildman–Crippen LogP) is 0.725. The fraction of sp³-hybridized carbons (Fsp3) is 0.409. The highest BCUT2D eigenvalue weighted by Gasteiger charge is 2.31. The highest BCUT2D eigenvalue weighted by atomic mass is 16.5. The normalized spacial score (nSPS) is 21.0. The van der Waals surface area contributed by atoms with E-state index in [1.807, 2.05) is 43.3 Å². The molecule has 2 heterocycles. The third kappa shape index (κ3) is 3.45. The minimum atomic E-state index is -0.102. The fourth-order valence-corrected chi connectivity index (χ4v) is 4.16. The van der Waals surface area contributed by atoms with Crippen LogP contribution in [-0.4, -0.2) is 51.8 Å². The quantitative estimate of drug-likeness (QED) is 0.609. The Balaban J connectivity index is 1.56. The van der Waals surface area contributed by atoms with Crippen LogP contribution in [-0.2, 0) is 4.79 Å². The number of nitrogens with one attached hydrogen (secondary N) is 3. The Labute approximate surface area is 165 Å². The van der Waals surface area contributed by atoms with Crippen molar-refractivity contribution in [2.24, 2.45) is 0 Å². The van der Waals surface area contributed by atoms with E-state index >= 15 is 0 Å². The van der Waals surface area contributed by atoms with Gasteiger partial charge in [0.1, 0.15) is 43.1 Å². The zero-order valence-electron chi connectivity index (χ0n) is 16.8. The van der Waals surface area contributed by atoms with Crippen molar-refractivity contribution in [1.29, 1.82) is 0 Å². The Morgan fingerprint density at radius 1 is 1.14 bits per heavy atom. The number of quaternary nitrogens is 2. The molecule has 1 aliphatic rings. The van der Waals surface area contributed by atoms with Crippen LogP contribution in [0.1, 0.15) is 13.8 Å². The van der Waals surface area contributed by atoms with Crippen LogP contribution in [0.3, 0.4) is 0 Å². The van der Waals surface area contributed by atoms with Crippen LogP contribution in [0.15, 0.2) is 40.8 Å². The molecule has 6 heteroatoms. The predicted molar refractivity (Wildman–Crippen MR) is 110 cm³/mol. The van der Waals surface area contributed by atoms with Gasteiger partial charge in [0.15, 0.2) is 6.04 Å². The minimum Gasteiger partial charge on any atom is -0.495 e. The van der Waals surface area contributed by atoms with Crippen molar-refractivity contribution in [3.63, 3.8) is 0 Å². The fourth-order valence-electron chi connectivity index (χ4n) is 4.16. The van der Waals surface area contributed by atoms with Gasteiger partial charge in [0.2, 0.25) is 0 Å². The zero-order valence-corrected chi connectivity index (χ0v) is 16.8. The van der Waals surface area contributed by atoms with Crippen molar-refractivity contribution < 1.29 is 23.7 Å². The van der Waals surface area contributed by atoms with E-state index in [0.717, 1.165) is 54.7 Å². The lowest BCUT2D eigenvalue weighted by Crippen LogP contribution is -3.29. The van der Waals surface area contributed by atoms with Crippen LogP contribution < -0.4 is 19.9 Å². The van der Waals surface area contributed by atoms with Crippen LogP contribution in [0.4, 0.5) is 5.69 Å². The van der Waals surface area contributed by atoms with E-state index in [1.165, 1.54) is 4.90 Å². The molecule has 1 amide bonds. The molecular weight excluding hydrogens is 354 g/mol. The molecule has 2 aromatic carbocycles. The summed E-state index contributed by atoms with van der Waals surface area (Å²) in [4.78, 5) is 15.9. The van der Waals surface area contributed by atoms with Gasteiger partial charge < -0.3 is 24.3 Å². The number of furan rings is 1. The molecule has 6 nitrogen and oxygen atoms in total. The van der Waals surface area contributed by atoms with Crippen molar-refractivity contribution in [2.45, 2.75) is 19.9 Å². The van der Waals surface area contributed by atoms with Gasteiger partial charge in [-0.1, -0.05) is 18.2 Å². The molecule has 4 rings (SSSR count). The standard InChI is InChI=1S/C22H27N3O3/c1-4-24-9-11-25(12-10-24)15(2)22(26)23-18-14-20-17(13-21(18)27-3)16-7-5-6-8-19(16)28-20/h5-8,13-15H,4,9-12H2,1-3H3,(H,23,26)/p+2/t15-/m1/s1. The van der Waals surface area contributed by atoms with E-state index in [0.29, 0.717) is 11.4 Å². The molecule has 1 aromatic heterocycles. The summed E-state index contributed by atoms with van der Waals surface area (Å²) in [7, 11) is 1.63. The molecule has 1 saturated heterocycles. The van der Waals surface area contributed by atoms with Crippen LogP contribution in [0.25, 0.3) is 21.9 Å². The molecule has 0 aliphatic carbocycles. The number of hydrogen-bond acceptors (Lipinski definition) is 3. The van der Waals surface area contributed by atoms with Gasteiger partial charge in [0, 0.05) is 16.8 Å². The molecule has 1 fully saturated rings. The summed E-state index contributed by atoms with van der Waals surface area (Å²) in [6.45, 7) is 9.68. The Hall–Kier alpha value is -2.57. The van der Waals surface area contributed by atoms with Crippen LogP contribution in [0.2, 0.25) is 0 Å². The van der Waals surface area contributed by atoms with E-state index in [9.17, 15) is 4.79 Å². The highest BCUT2D eigenvalue weighted by molar-refractivity contribution is 6.08. The van der Waals surface area contributed by atoms with Gasteiger partial charge in [0.05, 0.1) is 19.3 Å². The van der Waals surface area contributed by atoms with Gasteiger partial charge in [0.25, 0.3) is 5.91 Å². The number of anilines is 1. The van der Waals surface area contributed by atoms with Gasteiger partial charge in [-0.05, 0) is 26.0 Å². The van der Waals surface area contributed by atoms with Gasteiger partial charge in [-0.2, -0.15) is 0 Å². The molecule has 0 unspecified atom stereocenters. The molecule has 0 spiro atoms. The highest BCUT2D eigenvalue weighted by Crippen LogP contribution is 2.36. The number of piperazine rings is 1. The van der Waals surface area contributed by atoms with Crippen molar-refractivity contribution in [2.75, 3.05) is 45.2 Å². The van der Waals surface area contributed by atoms with Gasteiger partial charge in [-0.15, -0.1) is 0 Å². The largest absolute Gasteiger partial charge is 0.495 e. The summed E-state index contributed by atoms with van der Waals surface area (Å²) in [5, 5.41) is 5.10. The molecule has 0 bridgehead atoms. The second-order valence-electron chi connectivity index (χ2n) is 7.62. The van der Waals surface area contributed by atoms with E-state index in [4.69, 9.17) is 9.15 Å². The summed E-state index contributed by atoms with van der Waals surface area (Å²) in [5.41, 5.74) is 2.23. The Morgan fingerprint density at radius 3 is 2.61 bits per heavy atom. The number of hydrogen-bond donors (Lipinski definition) is 3. The molecular formula is C22H29N3O3+2. The van der Waals surface area contributed by atoms with Crippen molar-refractivity contribution in [1.82, 2.24) is 0 Å². The third-order valence-electron chi connectivity index (χ3n) is 6.06. The van der Waals surface area contributed by atoms with Crippen molar-refractivity contribution in [3.05, 3.63) is 36.4 Å². The van der Waals surface area contributed by atoms with E-state index < -0.39 is 0 Å². The maximum Gasteiger partial charge on any atom is 0.282 e. The van der Waals surface area contributed by atoms with Crippen LogP contribution in [0.5, 0.6) is 5.75 Å². The van der Waals surface area contributed by atoms with Gasteiger partial charge in [-0.3, -0.25) is 4.79 Å². The first-order valence-electron chi connectivity index (χ1n) is 10.1. The lowest BCUT2D eigenvalue weighted by molar-refractivity contribution is -1.02. The molecule has 1 atom stereocenters. The van der Waals surface area contributed by atoms with E-state index in [-0.39, 0.29) is 11.9 Å². The lowest BCUT2D eigenvalue weighted by Gasteiger charge is -2.32. The molecule has 3 N–H and O–H groups in total. The number of methoxy groups -OCH3 is 1. The molecule has 0 radical (unpaired) electrons. The number of ether oxygens (including phenoxy) is 1. The van der Waals surface area contributed by atoms with Crippen molar-refractivity contribution >= 4 is 33.5 Å². The number of carbonyl (C=O) groups is 1. The first-order valence-corrected chi connectivity index (χ1v) is 10.1. The number of para-hydroxylation sites is 1. The Kier molecular flexibility index (Phi) is 5.24. The average Bonchev–Trinajstić information content (AvgIpc) is 3.10. The maximum atomic E-state index is 12.9. The van der Waals surface area contributed by atoms with Crippen LogP contribution in [0, 0.1) is 0 Å². The maximum absolute atomic E-state index is 12.9. The smallest absolute Gasteiger partial charge is 0.282 e. The summed E-state index contributed by atoms with van der Waals surface area (Å²) in [6, 6.07) is 11.6. The first kappa shape index (κ1) is 18.8. The summed E-state index contributed by atoms with van der Waals surface area (Å²) < 4.78 is 11.5. The number of likely N-dealkylation sites (N-methyl/N-ethyl adjacent to an activating group) is 1. The number of carbonyl (C=O) groups excluding carboxylic acids is 1. The Morgan fingerprint density at radius 2 is 1.89 bits per heavy atom. The molecule has 1 aliphatic heterocycles. The lowest BCUT2D eigenvalue weighted by atomic mass is 10.1. The summed E-state index contributed by atoms with van der Waals surface area (Å²) in [6.07, 6.45) is 0. The first-order chi connectivity index (χ1) is 13.6. The van der Waals surface area contributed by atoms with Gasteiger partial charge in [-0.25, -0.2) is 0 Å². The van der Waals surface area contributed by atoms with E-state index in [2.05, 4.69) is 12.2 Å². The second kappa shape index (κ2) is 7.81. The molecule has 0 saturated carbocycles. The topological polar surface area (TPSA) is 60.4 Å². The number of benzene rings is 2. The number of fused-ring (bicyclic) bond motifs is 3. The van der Waals surface area contributed by atoms with Crippen LogP contribution >= 0.6 is 0 Å². The molecule has 28 heavy (non-hydrogen) atoms. The third-order valence-corrected chi connectivity index (χ3v) is 6.06. The van der Waals surface area contributed by atoms with Crippen molar-refractivity contribution in [3.8, 4) is 5.75 Å². The van der Waals surface area contributed by atoms with E-state index in [1.54, 1.807) is 12.0 Å². The second-order valence-corrected chi connectivity index (χ2v) is 7.62. The Bertz CT molecular complexity index is 989. The summed E-state index contributed by atoms with van der Waals surface area (Å²) >= 11 is 0.